The van der Waals surface area contributed by atoms with Gasteiger partial charge in [0, 0.05) is 17.6 Å². The highest BCUT2D eigenvalue weighted by atomic mass is 16.3. The maximum atomic E-state index is 9.61. The van der Waals surface area contributed by atoms with Gasteiger partial charge < -0.3 is 10.4 Å². The Hall–Kier alpha value is -1.02. The van der Waals surface area contributed by atoms with Crippen molar-refractivity contribution in [2.75, 3.05) is 0 Å². The van der Waals surface area contributed by atoms with E-state index in [1.165, 1.54) is 0 Å². The van der Waals surface area contributed by atoms with Gasteiger partial charge in [-0.1, -0.05) is 32.0 Å². The van der Waals surface area contributed by atoms with Crippen molar-refractivity contribution in [3.05, 3.63) is 29.8 Å². The fourth-order valence-electron chi connectivity index (χ4n) is 1.47. The van der Waals surface area contributed by atoms with Crippen molar-refractivity contribution in [1.29, 1.82) is 0 Å². The highest BCUT2D eigenvalue weighted by Crippen LogP contribution is 2.19. The summed E-state index contributed by atoms with van der Waals surface area (Å²) in [5, 5.41) is 13.1. The van der Waals surface area contributed by atoms with Gasteiger partial charge in [-0.2, -0.15) is 0 Å². The lowest BCUT2D eigenvalue weighted by molar-refractivity contribution is 0.326. The van der Waals surface area contributed by atoms with Gasteiger partial charge in [0.05, 0.1) is 0 Å². The molecular formula is C13H21NO. The minimum absolute atomic E-state index is 0.169. The Balaban J connectivity index is 2.61. The lowest BCUT2D eigenvalue weighted by Gasteiger charge is -2.28. The van der Waals surface area contributed by atoms with Crippen LogP contribution in [0.25, 0.3) is 0 Å². The first-order valence-electron chi connectivity index (χ1n) is 5.63. The summed E-state index contributed by atoms with van der Waals surface area (Å²) >= 11 is 0. The molecule has 0 saturated carbocycles. The highest BCUT2D eigenvalue weighted by molar-refractivity contribution is 5.31. The lowest BCUT2D eigenvalue weighted by Crippen LogP contribution is -2.40. The van der Waals surface area contributed by atoms with Crippen LogP contribution in [0.3, 0.4) is 0 Å². The summed E-state index contributed by atoms with van der Waals surface area (Å²) in [6.07, 6.45) is 2.19. The van der Waals surface area contributed by atoms with Gasteiger partial charge in [0.1, 0.15) is 5.75 Å². The van der Waals surface area contributed by atoms with Crippen LogP contribution in [0.2, 0.25) is 0 Å². The van der Waals surface area contributed by atoms with E-state index in [4.69, 9.17) is 0 Å². The van der Waals surface area contributed by atoms with Crippen LogP contribution in [-0.2, 0) is 6.54 Å². The first-order chi connectivity index (χ1) is 7.11. The van der Waals surface area contributed by atoms with E-state index in [0.717, 1.165) is 24.9 Å². The second-order valence-electron chi connectivity index (χ2n) is 4.25. The fourth-order valence-corrected chi connectivity index (χ4v) is 1.47. The molecule has 0 radical (unpaired) electrons. The Morgan fingerprint density at radius 1 is 1.20 bits per heavy atom. The van der Waals surface area contributed by atoms with Crippen molar-refractivity contribution in [1.82, 2.24) is 5.32 Å². The van der Waals surface area contributed by atoms with Crippen LogP contribution in [0.15, 0.2) is 24.3 Å². The monoisotopic (exact) mass is 207 g/mol. The number of nitrogens with one attached hydrogen (secondary N) is 1. The molecule has 1 aromatic rings. The van der Waals surface area contributed by atoms with Crippen molar-refractivity contribution in [3.8, 4) is 5.75 Å². The van der Waals surface area contributed by atoms with E-state index < -0.39 is 0 Å². The molecule has 0 fully saturated rings. The van der Waals surface area contributed by atoms with E-state index in [1.807, 2.05) is 18.2 Å². The van der Waals surface area contributed by atoms with Gasteiger partial charge in [-0.25, -0.2) is 0 Å². The molecule has 1 rings (SSSR count). The quantitative estimate of drug-likeness (QED) is 0.777. The van der Waals surface area contributed by atoms with E-state index in [9.17, 15) is 5.11 Å². The Labute approximate surface area is 92.3 Å². The number of aromatic hydroxyl groups is 1. The fraction of sp³-hybridized carbons (Fsp3) is 0.538. The van der Waals surface area contributed by atoms with Crippen molar-refractivity contribution >= 4 is 0 Å². The van der Waals surface area contributed by atoms with Gasteiger partial charge in [-0.15, -0.1) is 0 Å². The molecule has 0 atom stereocenters. The zero-order valence-electron chi connectivity index (χ0n) is 9.88. The van der Waals surface area contributed by atoms with Crippen molar-refractivity contribution < 1.29 is 5.11 Å². The van der Waals surface area contributed by atoms with Crippen molar-refractivity contribution in [2.45, 2.75) is 45.7 Å². The molecule has 0 aliphatic heterocycles. The number of phenolic OH excluding ortho intramolecular Hbond substituents is 1. The minimum Gasteiger partial charge on any atom is -0.508 e. The Kier molecular flexibility index (Phi) is 4.15. The molecule has 2 N–H and O–H groups in total. The summed E-state index contributed by atoms with van der Waals surface area (Å²) in [7, 11) is 0. The molecule has 0 unspecified atom stereocenters. The molecule has 0 aromatic heterocycles. The number of benzene rings is 1. The molecular weight excluding hydrogens is 186 g/mol. The Morgan fingerprint density at radius 2 is 1.80 bits per heavy atom. The number of hydrogen-bond donors (Lipinski definition) is 2. The van der Waals surface area contributed by atoms with Gasteiger partial charge in [0.2, 0.25) is 0 Å². The number of phenols is 1. The third-order valence-electron chi connectivity index (χ3n) is 3.26. The van der Waals surface area contributed by atoms with Crippen LogP contribution >= 0.6 is 0 Å². The molecule has 0 aliphatic carbocycles. The van der Waals surface area contributed by atoms with Crippen LogP contribution in [0, 0.1) is 0 Å². The number of rotatable bonds is 5. The third-order valence-corrected chi connectivity index (χ3v) is 3.26. The smallest absolute Gasteiger partial charge is 0.120 e. The standard InChI is InChI=1S/C13H21NO/c1-4-13(3,5-2)14-10-11-8-6-7-9-12(11)15/h6-9,14-15H,4-5,10H2,1-3H3. The highest BCUT2D eigenvalue weighted by Gasteiger charge is 2.18. The molecule has 0 aliphatic rings. The van der Waals surface area contributed by atoms with E-state index in [1.54, 1.807) is 6.07 Å². The van der Waals surface area contributed by atoms with E-state index >= 15 is 0 Å². The van der Waals surface area contributed by atoms with Gasteiger partial charge in [0.15, 0.2) is 0 Å². The molecule has 0 heterocycles. The predicted molar refractivity (Wildman–Crippen MR) is 63.9 cm³/mol. The molecule has 15 heavy (non-hydrogen) atoms. The van der Waals surface area contributed by atoms with E-state index in [2.05, 4.69) is 26.1 Å². The molecule has 2 nitrogen and oxygen atoms in total. The van der Waals surface area contributed by atoms with Crippen LogP contribution in [0.5, 0.6) is 5.75 Å². The van der Waals surface area contributed by atoms with E-state index in [0.29, 0.717) is 5.75 Å². The van der Waals surface area contributed by atoms with Crippen LogP contribution in [0.1, 0.15) is 39.2 Å². The summed E-state index contributed by atoms with van der Waals surface area (Å²) in [4.78, 5) is 0. The number of para-hydroxylation sites is 1. The van der Waals surface area contributed by atoms with Crippen LogP contribution < -0.4 is 5.32 Å². The average Bonchev–Trinajstić information content (AvgIpc) is 2.28. The average molecular weight is 207 g/mol. The lowest BCUT2D eigenvalue weighted by atomic mass is 9.95. The SMILES string of the molecule is CCC(C)(CC)NCc1ccccc1O. The summed E-state index contributed by atoms with van der Waals surface area (Å²) in [5.41, 5.74) is 1.13. The molecule has 1 aromatic carbocycles. The molecule has 0 spiro atoms. The summed E-state index contributed by atoms with van der Waals surface area (Å²) in [6, 6.07) is 7.48. The summed E-state index contributed by atoms with van der Waals surface area (Å²) in [5.74, 6) is 0.375. The second kappa shape index (κ2) is 5.17. The van der Waals surface area contributed by atoms with Gasteiger partial charge in [-0.05, 0) is 25.8 Å². The van der Waals surface area contributed by atoms with Crippen LogP contribution in [0.4, 0.5) is 0 Å². The van der Waals surface area contributed by atoms with Gasteiger partial charge >= 0.3 is 0 Å². The molecule has 0 bridgehead atoms. The van der Waals surface area contributed by atoms with Crippen molar-refractivity contribution in [2.24, 2.45) is 0 Å². The van der Waals surface area contributed by atoms with Gasteiger partial charge in [-0.3, -0.25) is 0 Å². The summed E-state index contributed by atoms with van der Waals surface area (Å²) in [6.45, 7) is 7.31. The van der Waals surface area contributed by atoms with Crippen molar-refractivity contribution in [3.63, 3.8) is 0 Å². The minimum atomic E-state index is 0.169. The van der Waals surface area contributed by atoms with E-state index in [-0.39, 0.29) is 5.54 Å². The first-order valence-corrected chi connectivity index (χ1v) is 5.63. The topological polar surface area (TPSA) is 32.3 Å². The maximum absolute atomic E-state index is 9.61. The van der Waals surface area contributed by atoms with Gasteiger partial charge in [0.25, 0.3) is 0 Å². The largest absolute Gasteiger partial charge is 0.508 e. The predicted octanol–water partition coefficient (Wildman–Crippen LogP) is 3.06. The maximum Gasteiger partial charge on any atom is 0.120 e. The zero-order valence-corrected chi connectivity index (χ0v) is 9.88. The summed E-state index contributed by atoms with van der Waals surface area (Å²) < 4.78 is 0. The normalized spacial score (nSPS) is 11.7. The molecule has 2 heteroatoms. The first kappa shape index (κ1) is 12.1. The molecule has 0 saturated heterocycles. The number of hydrogen-bond acceptors (Lipinski definition) is 2. The Morgan fingerprint density at radius 3 is 2.33 bits per heavy atom. The Bertz CT molecular complexity index is 305. The molecule has 84 valence electrons. The molecule has 0 amide bonds. The van der Waals surface area contributed by atoms with Crippen LogP contribution in [-0.4, -0.2) is 10.6 Å². The second-order valence-corrected chi connectivity index (χ2v) is 4.25. The zero-order chi connectivity index (χ0) is 11.3. The third kappa shape index (κ3) is 3.24.